The summed E-state index contributed by atoms with van der Waals surface area (Å²) in [5.74, 6) is -2.21. The maximum Gasteiger partial charge on any atom is 0.273 e. The average Bonchev–Trinajstić information content (AvgIpc) is 3.70. The Morgan fingerprint density at radius 2 is 1.62 bits per heavy atom. The number of rotatable bonds is 7. The first-order chi connectivity index (χ1) is 17.8. The number of imide groups is 1. The van der Waals surface area contributed by atoms with Crippen LogP contribution in [0, 0.1) is 45.6 Å². The van der Waals surface area contributed by atoms with Crippen molar-refractivity contribution in [1.29, 1.82) is 0 Å². The van der Waals surface area contributed by atoms with Crippen LogP contribution in [0.3, 0.4) is 0 Å². The van der Waals surface area contributed by atoms with E-state index in [1.54, 1.807) is 18.2 Å². The van der Waals surface area contributed by atoms with Crippen LogP contribution in [0.15, 0.2) is 60.7 Å². The first-order valence-corrected chi connectivity index (χ1v) is 12.1. The highest BCUT2D eigenvalue weighted by molar-refractivity contribution is 6.10. The zero-order chi connectivity index (χ0) is 26.0. The molecule has 10 nitrogen and oxygen atoms in total. The lowest BCUT2D eigenvalue weighted by Gasteiger charge is -2.37. The number of hydrogen-bond donors (Lipinski definition) is 0. The first kappa shape index (κ1) is 23.1. The van der Waals surface area contributed by atoms with Crippen molar-refractivity contribution in [2.45, 2.75) is 6.42 Å². The Balaban J connectivity index is 1.36. The van der Waals surface area contributed by atoms with Gasteiger partial charge < -0.3 is 4.74 Å². The van der Waals surface area contributed by atoms with Gasteiger partial charge in [-0.15, -0.1) is 0 Å². The number of hydrogen-bond acceptors (Lipinski definition) is 7. The summed E-state index contributed by atoms with van der Waals surface area (Å²) in [6.45, 7) is -0.560. The molecule has 1 saturated heterocycles. The SMILES string of the molecule is COc1cccc(C(=O)CN(C(=O)c2ccc([N+](=O)[O-])cc2)N2C(=O)[C@@H]3[C@H]4C=C[C@@H]([C@@H]5C[C@@H]45)[C@H]3C2=O)c1. The fraction of sp³-hybridized carbons (Fsp3) is 0.333. The van der Waals surface area contributed by atoms with E-state index in [2.05, 4.69) is 0 Å². The topological polar surface area (TPSA) is 127 Å². The number of carbonyl (C=O) groups is 4. The molecule has 1 aliphatic heterocycles. The van der Waals surface area contributed by atoms with Gasteiger partial charge in [0.2, 0.25) is 0 Å². The normalized spacial score (nSPS) is 28.5. The number of carbonyl (C=O) groups excluding carboxylic acids is 4. The molecule has 5 aliphatic rings. The Hall–Kier alpha value is -4.34. The molecular weight excluding hydrogens is 478 g/mol. The Morgan fingerprint density at radius 3 is 2.19 bits per heavy atom. The van der Waals surface area contributed by atoms with E-state index in [-0.39, 0.29) is 28.7 Å². The van der Waals surface area contributed by atoms with Crippen LogP contribution in [0.1, 0.15) is 27.1 Å². The average molecular weight is 501 g/mol. The number of nitrogens with zero attached hydrogens (tertiary/aromatic N) is 3. The predicted molar refractivity (Wildman–Crippen MR) is 128 cm³/mol. The minimum atomic E-state index is -0.767. The zero-order valence-electron chi connectivity index (χ0n) is 19.9. The van der Waals surface area contributed by atoms with Gasteiger partial charge in [0.05, 0.1) is 23.9 Å². The number of nitro benzene ring substituents is 1. The van der Waals surface area contributed by atoms with Crippen LogP contribution < -0.4 is 4.74 Å². The lowest BCUT2D eigenvalue weighted by molar-refractivity contribution is -0.384. The maximum atomic E-state index is 13.7. The van der Waals surface area contributed by atoms with E-state index in [4.69, 9.17) is 4.74 Å². The number of Topliss-reactive ketones (excluding diaryl/α,β-unsaturated/α-hetero) is 1. The second-order valence-electron chi connectivity index (χ2n) is 9.96. The van der Waals surface area contributed by atoms with Crippen LogP contribution in [0.4, 0.5) is 5.69 Å². The predicted octanol–water partition coefficient (Wildman–Crippen LogP) is 2.90. The second-order valence-corrected chi connectivity index (χ2v) is 9.96. The number of hydrazine groups is 1. The number of methoxy groups -OCH3 is 1. The summed E-state index contributed by atoms with van der Waals surface area (Å²) in [7, 11) is 1.46. The number of non-ortho nitro benzene ring substituents is 1. The minimum absolute atomic E-state index is 0.0171. The lowest BCUT2D eigenvalue weighted by Crippen LogP contribution is -2.52. The summed E-state index contributed by atoms with van der Waals surface area (Å²) in [4.78, 5) is 64.8. The third-order valence-electron chi connectivity index (χ3n) is 8.13. The molecule has 7 rings (SSSR count). The summed E-state index contributed by atoms with van der Waals surface area (Å²) in [6.07, 6.45) is 5.05. The highest BCUT2D eigenvalue weighted by atomic mass is 16.6. The molecule has 10 heteroatoms. The van der Waals surface area contributed by atoms with Crippen molar-refractivity contribution in [2.24, 2.45) is 35.5 Å². The molecule has 4 aliphatic carbocycles. The molecule has 0 aromatic heterocycles. The molecule has 188 valence electrons. The Bertz CT molecular complexity index is 1350. The smallest absolute Gasteiger partial charge is 0.273 e. The van der Waals surface area contributed by atoms with Crippen molar-refractivity contribution >= 4 is 29.2 Å². The van der Waals surface area contributed by atoms with Crippen molar-refractivity contribution in [3.63, 3.8) is 0 Å². The summed E-state index contributed by atoms with van der Waals surface area (Å²) < 4.78 is 5.19. The number of allylic oxidation sites excluding steroid dienone is 2. The van der Waals surface area contributed by atoms with Gasteiger partial charge in [0.1, 0.15) is 12.3 Å². The zero-order valence-corrected chi connectivity index (χ0v) is 19.9. The van der Waals surface area contributed by atoms with Gasteiger partial charge in [-0.05, 0) is 54.4 Å². The number of ether oxygens (including phenoxy) is 1. The van der Waals surface area contributed by atoms with Crippen LogP contribution in [0.25, 0.3) is 0 Å². The van der Waals surface area contributed by atoms with Crippen LogP contribution in [-0.4, -0.2) is 52.1 Å². The molecule has 2 bridgehead atoms. The fourth-order valence-electron chi connectivity index (χ4n) is 6.31. The Labute approximate surface area is 211 Å². The van der Waals surface area contributed by atoms with E-state index < -0.39 is 46.8 Å². The van der Waals surface area contributed by atoms with Crippen molar-refractivity contribution in [3.05, 3.63) is 81.9 Å². The van der Waals surface area contributed by atoms with Crippen molar-refractivity contribution in [1.82, 2.24) is 10.0 Å². The van der Waals surface area contributed by atoms with Gasteiger partial charge in [0.15, 0.2) is 5.78 Å². The summed E-state index contributed by atoms with van der Waals surface area (Å²) in [6, 6.07) is 11.2. The summed E-state index contributed by atoms with van der Waals surface area (Å²) >= 11 is 0. The summed E-state index contributed by atoms with van der Waals surface area (Å²) in [5.41, 5.74) is 0.0561. The molecule has 0 spiro atoms. The third-order valence-corrected chi connectivity index (χ3v) is 8.13. The van der Waals surface area contributed by atoms with Crippen LogP contribution in [-0.2, 0) is 9.59 Å². The van der Waals surface area contributed by atoms with Crippen molar-refractivity contribution in [3.8, 4) is 5.75 Å². The van der Waals surface area contributed by atoms with Crippen LogP contribution in [0.5, 0.6) is 5.75 Å². The lowest BCUT2D eigenvalue weighted by atomic mass is 9.63. The first-order valence-electron chi connectivity index (χ1n) is 12.1. The molecular formula is C27H23N3O7. The minimum Gasteiger partial charge on any atom is -0.497 e. The molecule has 1 heterocycles. The van der Waals surface area contributed by atoms with E-state index in [1.807, 2.05) is 12.2 Å². The van der Waals surface area contributed by atoms with E-state index in [9.17, 15) is 29.3 Å². The van der Waals surface area contributed by atoms with E-state index in [0.717, 1.165) is 16.4 Å². The molecule has 6 atom stereocenters. The van der Waals surface area contributed by atoms with Crippen LogP contribution in [0.2, 0.25) is 0 Å². The monoisotopic (exact) mass is 501 g/mol. The highest BCUT2D eigenvalue weighted by Gasteiger charge is 2.68. The molecule has 2 aromatic rings. The second kappa shape index (κ2) is 8.36. The number of ketones is 1. The number of nitro groups is 1. The van der Waals surface area contributed by atoms with Gasteiger partial charge in [-0.25, -0.2) is 5.01 Å². The van der Waals surface area contributed by atoms with E-state index in [1.165, 1.54) is 37.4 Å². The molecule has 2 saturated carbocycles. The van der Waals surface area contributed by atoms with Gasteiger partial charge in [-0.2, -0.15) is 5.01 Å². The molecule has 0 N–H and O–H groups in total. The molecule has 3 fully saturated rings. The van der Waals surface area contributed by atoms with Gasteiger partial charge in [-0.3, -0.25) is 29.3 Å². The number of amides is 3. The Morgan fingerprint density at radius 1 is 1.00 bits per heavy atom. The molecule has 0 radical (unpaired) electrons. The van der Waals surface area contributed by atoms with E-state index >= 15 is 0 Å². The quantitative estimate of drug-likeness (QED) is 0.188. The highest BCUT2D eigenvalue weighted by Crippen LogP contribution is 2.65. The van der Waals surface area contributed by atoms with Gasteiger partial charge in [-0.1, -0.05) is 24.3 Å². The van der Waals surface area contributed by atoms with Gasteiger partial charge in [0, 0.05) is 23.3 Å². The molecule has 0 unspecified atom stereocenters. The molecule has 3 amide bonds. The molecule has 2 aromatic carbocycles. The van der Waals surface area contributed by atoms with E-state index in [0.29, 0.717) is 17.6 Å². The van der Waals surface area contributed by atoms with Crippen LogP contribution >= 0.6 is 0 Å². The maximum absolute atomic E-state index is 13.7. The van der Waals surface area contributed by atoms with Crippen molar-refractivity contribution in [2.75, 3.05) is 13.7 Å². The van der Waals surface area contributed by atoms with Gasteiger partial charge in [0.25, 0.3) is 23.4 Å². The fourth-order valence-corrected chi connectivity index (χ4v) is 6.31. The Kier molecular flexibility index (Phi) is 5.22. The third kappa shape index (κ3) is 3.54. The largest absolute Gasteiger partial charge is 0.497 e. The van der Waals surface area contributed by atoms with Crippen molar-refractivity contribution < 1.29 is 28.8 Å². The van der Waals surface area contributed by atoms with Gasteiger partial charge >= 0.3 is 0 Å². The summed E-state index contributed by atoms with van der Waals surface area (Å²) in [5, 5.41) is 12.8. The molecule has 37 heavy (non-hydrogen) atoms. The standard InChI is InChI=1S/C27H23N3O7/c1-37-17-4-2-3-15(11-17)22(31)13-28(25(32)14-5-7-16(8-6-14)30(35)36)29-26(33)23-18-9-10-19(21-12-20(18)21)24(23)27(29)34/h2-11,18-21,23-24H,12-13H2,1H3/t18-,19-,20-,21-,23+,24+/m0/s1. The number of benzene rings is 2.